The third-order valence-electron chi connectivity index (χ3n) is 5.14. The molecule has 2 N–H and O–H groups in total. The summed E-state index contributed by atoms with van der Waals surface area (Å²) >= 11 is 0. The zero-order valence-electron chi connectivity index (χ0n) is 15.3. The molecule has 1 heterocycles. The minimum atomic E-state index is -0.456. The number of carbonyl (C=O) groups is 2. The second-order valence-corrected chi connectivity index (χ2v) is 7.04. The van der Waals surface area contributed by atoms with Crippen molar-refractivity contribution in [3.63, 3.8) is 0 Å². The monoisotopic (exact) mass is 362 g/mol. The number of furan rings is 1. The summed E-state index contributed by atoms with van der Waals surface area (Å²) in [6.07, 6.45) is 4.86. The summed E-state index contributed by atoms with van der Waals surface area (Å²) in [5, 5.41) is 0.892. The van der Waals surface area contributed by atoms with Crippen LogP contribution in [0.25, 0.3) is 11.0 Å². The van der Waals surface area contributed by atoms with Gasteiger partial charge < -0.3 is 4.42 Å². The van der Waals surface area contributed by atoms with Crippen molar-refractivity contribution in [2.45, 2.75) is 39.0 Å². The lowest BCUT2D eigenvalue weighted by Gasteiger charge is -2.16. The van der Waals surface area contributed by atoms with E-state index in [-0.39, 0.29) is 18.1 Å². The van der Waals surface area contributed by atoms with Gasteiger partial charge in [0, 0.05) is 10.9 Å². The standard InChI is InChI=1S/C22H22N2O3/c1-14-18-8-4-5-9-19(18)27-21(14)22(26)24-23-20(25)13-15-10-11-16-6-2-3-7-17(16)12-15/h4-5,8-12H,2-3,6-7,13H2,1H3,(H,23,25)(H,24,26). The van der Waals surface area contributed by atoms with Crippen molar-refractivity contribution in [3.8, 4) is 0 Å². The fourth-order valence-electron chi connectivity index (χ4n) is 3.70. The van der Waals surface area contributed by atoms with Gasteiger partial charge in [0.25, 0.3) is 0 Å². The van der Waals surface area contributed by atoms with Crippen molar-refractivity contribution < 1.29 is 14.0 Å². The summed E-state index contributed by atoms with van der Waals surface area (Å²) in [6, 6.07) is 13.7. The van der Waals surface area contributed by atoms with Gasteiger partial charge in [-0.2, -0.15) is 0 Å². The van der Waals surface area contributed by atoms with Gasteiger partial charge >= 0.3 is 5.91 Å². The third kappa shape index (κ3) is 3.58. The van der Waals surface area contributed by atoms with Crippen LogP contribution in [0.2, 0.25) is 0 Å². The molecule has 0 spiro atoms. The van der Waals surface area contributed by atoms with Gasteiger partial charge in [-0.05, 0) is 55.4 Å². The molecule has 2 aromatic carbocycles. The molecule has 138 valence electrons. The number of para-hydroxylation sites is 1. The van der Waals surface area contributed by atoms with E-state index < -0.39 is 5.91 Å². The van der Waals surface area contributed by atoms with Crippen molar-refractivity contribution >= 4 is 22.8 Å². The molecule has 5 nitrogen and oxygen atoms in total. The summed E-state index contributed by atoms with van der Waals surface area (Å²) in [6.45, 7) is 1.83. The van der Waals surface area contributed by atoms with E-state index in [4.69, 9.17) is 4.42 Å². The molecule has 0 radical (unpaired) electrons. The first-order chi connectivity index (χ1) is 13.1. The number of rotatable bonds is 3. The third-order valence-corrected chi connectivity index (χ3v) is 5.14. The van der Waals surface area contributed by atoms with Crippen molar-refractivity contribution in [3.05, 3.63) is 70.5 Å². The molecule has 0 atom stereocenters. The molecule has 0 aliphatic heterocycles. The van der Waals surface area contributed by atoms with E-state index in [0.29, 0.717) is 5.58 Å². The van der Waals surface area contributed by atoms with Crippen LogP contribution in [-0.2, 0) is 24.1 Å². The predicted molar refractivity (Wildman–Crippen MR) is 103 cm³/mol. The molecule has 3 aromatic rings. The Morgan fingerprint density at radius 3 is 2.59 bits per heavy atom. The lowest BCUT2D eigenvalue weighted by atomic mass is 9.90. The van der Waals surface area contributed by atoms with Crippen molar-refractivity contribution in [2.75, 3.05) is 0 Å². The van der Waals surface area contributed by atoms with Crippen LogP contribution in [0.4, 0.5) is 0 Å². The van der Waals surface area contributed by atoms with Crippen LogP contribution in [0.3, 0.4) is 0 Å². The van der Waals surface area contributed by atoms with Gasteiger partial charge in [-0.25, -0.2) is 0 Å². The Labute approximate surface area is 157 Å². The Morgan fingerprint density at radius 2 is 1.78 bits per heavy atom. The molecule has 1 aromatic heterocycles. The van der Waals surface area contributed by atoms with E-state index in [9.17, 15) is 9.59 Å². The average molecular weight is 362 g/mol. The molecule has 1 aliphatic carbocycles. The number of nitrogens with one attached hydrogen (secondary N) is 2. The Bertz CT molecular complexity index is 1020. The van der Waals surface area contributed by atoms with Crippen molar-refractivity contribution in [1.82, 2.24) is 10.9 Å². The number of amides is 2. The number of aryl methyl sites for hydroxylation is 3. The van der Waals surface area contributed by atoms with Crippen LogP contribution >= 0.6 is 0 Å². The van der Waals surface area contributed by atoms with Crippen molar-refractivity contribution in [2.24, 2.45) is 0 Å². The first-order valence-electron chi connectivity index (χ1n) is 9.30. The van der Waals surface area contributed by atoms with Crippen LogP contribution in [0.5, 0.6) is 0 Å². The number of hydrogen-bond acceptors (Lipinski definition) is 3. The summed E-state index contributed by atoms with van der Waals surface area (Å²) in [4.78, 5) is 24.6. The largest absolute Gasteiger partial charge is 0.451 e. The number of hydrogen-bond donors (Lipinski definition) is 2. The second kappa shape index (κ2) is 7.27. The smallest absolute Gasteiger partial charge is 0.305 e. The Hall–Kier alpha value is -3.08. The lowest BCUT2D eigenvalue weighted by Crippen LogP contribution is -2.42. The van der Waals surface area contributed by atoms with Crippen LogP contribution in [0.15, 0.2) is 46.9 Å². The van der Waals surface area contributed by atoms with E-state index in [0.717, 1.165) is 29.4 Å². The summed E-state index contributed by atoms with van der Waals surface area (Å²) in [7, 11) is 0. The molecule has 0 bridgehead atoms. The maximum Gasteiger partial charge on any atom is 0.305 e. The maximum atomic E-state index is 12.4. The normalized spacial score (nSPS) is 13.2. The average Bonchev–Trinajstić information content (AvgIpc) is 3.03. The zero-order valence-corrected chi connectivity index (χ0v) is 15.3. The van der Waals surface area contributed by atoms with Gasteiger partial charge in [0.2, 0.25) is 5.91 Å². The molecule has 0 unspecified atom stereocenters. The predicted octanol–water partition coefficient (Wildman–Crippen LogP) is 3.62. The summed E-state index contributed by atoms with van der Waals surface area (Å²) in [5.41, 5.74) is 10.0. The number of hydrazine groups is 1. The van der Waals surface area contributed by atoms with Crippen LogP contribution < -0.4 is 10.9 Å². The Morgan fingerprint density at radius 1 is 1.00 bits per heavy atom. The molecule has 4 rings (SSSR count). The van der Waals surface area contributed by atoms with Crippen LogP contribution in [0, 0.1) is 6.92 Å². The molecular weight excluding hydrogens is 340 g/mol. The molecule has 5 heteroatoms. The number of benzene rings is 2. The van der Waals surface area contributed by atoms with Gasteiger partial charge in [-0.3, -0.25) is 20.4 Å². The van der Waals surface area contributed by atoms with E-state index in [2.05, 4.69) is 23.0 Å². The van der Waals surface area contributed by atoms with Gasteiger partial charge in [-0.15, -0.1) is 0 Å². The summed E-state index contributed by atoms with van der Waals surface area (Å²) in [5.74, 6) is -0.499. The summed E-state index contributed by atoms with van der Waals surface area (Å²) < 4.78 is 5.61. The number of carbonyl (C=O) groups excluding carboxylic acids is 2. The van der Waals surface area contributed by atoms with Crippen LogP contribution in [0.1, 0.15) is 45.7 Å². The highest BCUT2D eigenvalue weighted by Crippen LogP contribution is 2.25. The molecule has 0 fully saturated rings. The fraction of sp³-hybridized carbons (Fsp3) is 0.273. The maximum absolute atomic E-state index is 12.4. The highest BCUT2D eigenvalue weighted by molar-refractivity contribution is 5.99. The minimum Gasteiger partial charge on any atom is -0.451 e. The van der Waals surface area contributed by atoms with Crippen molar-refractivity contribution in [1.29, 1.82) is 0 Å². The molecule has 0 saturated heterocycles. The van der Waals surface area contributed by atoms with E-state index in [1.54, 1.807) is 0 Å². The van der Waals surface area contributed by atoms with E-state index in [1.165, 1.54) is 24.0 Å². The van der Waals surface area contributed by atoms with Gasteiger partial charge in [0.15, 0.2) is 5.76 Å². The molecular formula is C22H22N2O3. The van der Waals surface area contributed by atoms with Gasteiger partial charge in [0.1, 0.15) is 5.58 Å². The zero-order chi connectivity index (χ0) is 18.8. The highest BCUT2D eigenvalue weighted by Gasteiger charge is 2.18. The second-order valence-electron chi connectivity index (χ2n) is 7.04. The highest BCUT2D eigenvalue weighted by atomic mass is 16.3. The Kier molecular flexibility index (Phi) is 4.67. The number of fused-ring (bicyclic) bond motifs is 2. The van der Waals surface area contributed by atoms with Gasteiger partial charge in [-0.1, -0.05) is 36.4 Å². The topological polar surface area (TPSA) is 71.3 Å². The quantitative estimate of drug-likeness (QED) is 0.699. The fourth-order valence-corrected chi connectivity index (χ4v) is 3.70. The first-order valence-corrected chi connectivity index (χ1v) is 9.30. The van der Waals surface area contributed by atoms with Crippen LogP contribution in [-0.4, -0.2) is 11.8 Å². The molecule has 27 heavy (non-hydrogen) atoms. The molecule has 0 saturated carbocycles. The molecule has 2 amide bonds. The Balaban J connectivity index is 1.38. The van der Waals surface area contributed by atoms with Gasteiger partial charge in [0.05, 0.1) is 6.42 Å². The minimum absolute atomic E-state index is 0.213. The SMILES string of the molecule is Cc1c(C(=O)NNC(=O)Cc2ccc3c(c2)CCCC3)oc2ccccc12. The van der Waals surface area contributed by atoms with E-state index in [1.807, 2.05) is 37.3 Å². The lowest BCUT2D eigenvalue weighted by molar-refractivity contribution is -0.121. The molecule has 1 aliphatic rings. The van der Waals surface area contributed by atoms with E-state index >= 15 is 0 Å². The first kappa shape index (κ1) is 17.3.